The summed E-state index contributed by atoms with van der Waals surface area (Å²) in [5, 5.41) is 10.9. The fourth-order valence-electron chi connectivity index (χ4n) is 2.45. The summed E-state index contributed by atoms with van der Waals surface area (Å²) in [5.74, 6) is 0.563. The molecule has 8 heteroatoms. The van der Waals surface area contributed by atoms with Crippen molar-refractivity contribution in [1.82, 2.24) is 15.3 Å². The van der Waals surface area contributed by atoms with Crippen LogP contribution in [0.25, 0.3) is 11.0 Å². The summed E-state index contributed by atoms with van der Waals surface area (Å²) in [6, 6.07) is 5.71. The summed E-state index contributed by atoms with van der Waals surface area (Å²) in [4.78, 5) is 18.0. The smallest absolute Gasteiger partial charge is 0.465 e. The molecule has 1 aromatic heterocycles. The number of H-pyrrole nitrogens is 1. The van der Waals surface area contributed by atoms with Crippen molar-refractivity contribution in [2.24, 2.45) is 0 Å². The summed E-state index contributed by atoms with van der Waals surface area (Å²) in [6.45, 7) is 8.18. The van der Waals surface area contributed by atoms with Gasteiger partial charge in [0, 0.05) is 0 Å². The van der Waals surface area contributed by atoms with E-state index >= 15 is 0 Å². The predicted molar refractivity (Wildman–Crippen MR) is 86.7 cm³/mol. The zero-order valence-electron chi connectivity index (χ0n) is 13.6. The van der Waals surface area contributed by atoms with Crippen LogP contribution in [0.3, 0.4) is 0 Å². The number of nitrogens with one attached hydrogen (secondary N) is 2. The van der Waals surface area contributed by atoms with Crippen LogP contribution in [0.5, 0.6) is 0 Å². The molecule has 1 aromatic carbocycles. The van der Waals surface area contributed by atoms with E-state index in [0.717, 1.165) is 16.5 Å². The number of amides is 1. The Morgan fingerprint density at radius 3 is 2.57 bits per heavy atom. The van der Waals surface area contributed by atoms with Gasteiger partial charge in [-0.3, -0.25) is 0 Å². The third-order valence-corrected chi connectivity index (χ3v) is 4.49. The largest absolute Gasteiger partial charge is 0.494 e. The molecule has 1 aliphatic heterocycles. The molecule has 2 heterocycles. The average molecular weight is 317 g/mol. The molecule has 1 aliphatic rings. The quantitative estimate of drug-likeness (QED) is 0.748. The van der Waals surface area contributed by atoms with Gasteiger partial charge in [0.2, 0.25) is 0 Å². The van der Waals surface area contributed by atoms with Crippen molar-refractivity contribution in [3.05, 3.63) is 24.0 Å². The van der Waals surface area contributed by atoms with Crippen LogP contribution in [0, 0.1) is 0 Å². The summed E-state index contributed by atoms with van der Waals surface area (Å²) in [5.41, 5.74) is 1.71. The van der Waals surface area contributed by atoms with Crippen molar-refractivity contribution in [3.63, 3.8) is 0 Å². The number of fused-ring (bicyclic) bond motifs is 1. The first kappa shape index (κ1) is 15.8. The van der Waals surface area contributed by atoms with Crippen LogP contribution in [-0.4, -0.2) is 39.5 Å². The molecule has 0 bridgehead atoms. The van der Waals surface area contributed by atoms with E-state index in [2.05, 4.69) is 15.3 Å². The number of rotatable bonds is 3. The number of carboxylic acid groups (broad SMARTS) is 1. The Balaban J connectivity index is 1.85. The first-order chi connectivity index (χ1) is 10.7. The fraction of sp³-hybridized carbons (Fsp3) is 0.467. The molecule has 0 unspecified atom stereocenters. The van der Waals surface area contributed by atoms with Crippen molar-refractivity contribution < 1.29 is 19.2 Å². The van der Waals surface area contributed by atoms with Crippen molar-refractivity contribution in [1.29, 1.82) is 0 Å². The number of nitrogens with zero attached hydrogens (tertiary/aromatic N) is 1. The van der Waals surface area contributed by atoms with Crippen molar-refractivity contribution >= 4 is 29.7 Å². The predicted octanol–water partition coefficient (Wildman–Crippen LogP) is 1.63. The summed E-state index contributed by atoms with van der Waals surface area (Å²) in [7, 11) is -0.437. The minimum Gasteiger partial charge on any atom is -0.465 e. The van der Waals surface area contributed by atoms with E-state index in [0.29, 0.717) is 5.82 Å². The number of hydrogen-bond donors (Lipinski definition) is 3. The van der Waals surface area contributed by atoms with Gasteiger partial charge in [-0.05, 0) is 45.3 Å². The molecule has 1 saturated heterocycles. The Kier molecular flexibility index (Phi) is 3.61. The molecule has 0 radical (unpaired) electrons. The van der Waals surface area contributed by atoms with Gasteiger partial charge in [-0.15, -0.1) is 0 Å². The third-order valence-electron chi connectivity index (χ3n) is 4.49. The van der Waals surface area contributed by atoms with Gasteiger partial charge in [0.05, 0.1) is 28.8 Å². The molecule has 3 N–H and O–H groups in total. The summed E-state index contributed by atoms with van der Waals surface area (Å²) < 4.78 is 12.1. The second kappa shape index (κ2) is 5.24. The van der Waals surface area contributed by atoms with Gasteiger partial charge in [0.25, 0.3) is 0 Å². The van der Waals surface area contributed by atoms with Crippen LogP contribution in [0.1, 0.15) is 33.5 Å². The lowest BCUT2D eigenvalue weighted by molar-refractivity contribution is 0.00578. The minimum absolute atomic E-state index is 0.135. The highest BCUT2D eigenvalue weighted by molar-refractivity contribution is 6.62. The highest BCUT2D eigenvalue weighted by atomic mass is 16.7. The molecule has 2 aromatic rings. The molecule has 0 saturated carbocycles. The van der Waals surface area contributed by atoms with E-state index in [1.807, 2.05) is 45.9 Å². The van der Waals surface area contributed by atoms with Crippen LogP contribution in [0.4, 0.5) is 4.79 Å². The molecule has 7 nitrogen and oxygen atoms in total. The zero-order chi connectivity index (χ0) is 16.8. The van der Waals surface area contributed by atoms with Gasteiger partial charge in [-0.2, -0.15) is 0 Å². The number of imidazole rings is 1. The maximum Gasteiger partial charge on any atom is 0.494 e. The summed E-state index contributed by atoms with van der Waals surface area (Å²) >= 11 is 0. The van der Waals surface area contributed by atoms with Crippen LogP contribution in [0.2, 0.25) is 0 Å². The third kappa shape index (κ3) is 2.91. The molecule has 0 aliphatic carbocycles. The molecule has 23 heavy (non-hydrogen) atoms. The maximum atomic E-state index is 10.6. The van der Waals surface area contributed by atoms with Gasteiger partial charge in [0.15, 0.2) is 0 Å². The molecule has 3 rings (SSSR count). The zero-order valence-corrected chi connectivity index (χ0v) is 13.6. The van der Waals surface area contributed by atoms with Crippen molar-refractivity contribution in [3.8, 4) is 0 Å². The fourth-order valence-corrected chi connectivity index (χ4v) is 2.45. The average Bonchev–Trinajstić information content (AvgIpc) is 2.94. The van der Waals surface area contributed by atoms with Crippen LogP contribution in [-0.2, 0) is 15.9 Å². The van der Waals surface area contributed by atoms with Crippen LogP contribution >= 0.6 is 0 Å². The number of aromatic amines is 1. The normalized spacial score (nSPS) is 19.2. The molecule has 122 valence electrons. The van der Waals surface area contributed by atoms with Crippen LogP contribution < -0.4 is 10.8 Å². The minimum atomic E-state index is -1.08. The van der Waals surface area contributed by atoms with E-state index in [9.17, 15) is 4.79 Å². The van der Waals surface area contributed by atoms with E-state index < -0.39 is 24.4 Å². The first-order valence-electron chi connectivity index (χ1n) is 7.49. The first-order valence-corrected chi connectivity index (χ1v) is 7.49. The highest BCUT2D eigenvalue weighted by Crippen LogP contribution is 2.36. The van der Waals surface area contributed by atoms with E-state index in [-0.39, 0.29) is 6.54 Å². The lowest BCUT2D eigenvalue weighted by Gasteiger charge is -2.32. The Morgan fingerprint density at radius 2 is 1.96 bits per heavy atom. The second-order valence-corrected chi connectivity index (χ2v) is 6.71. The second-order valence-electron chi connectivity index (χ2n) is 6.71. The number of carbonyl (C=O) groups is 1. The van der Waals surface area contributed by atoms with E-state index in [4.69, 9.17) is 14.4 Å². The number of benzene rings is 1. The van der Waals surface area contributed by atoms with Crippen molar-refractivity contribution in [2.75, 3.05) is 0 Å². The van der Waals surface area contributed by atoms with Gasteiger partial charge < -0.3 is 24.7 Å². The monoisotopic (exact) mass is 317 g/mol. The lowest BCUT2D eigenvalue weighted by atomic mass is 9.79. The van der Waals surface area contributed by atoms with E-state index in [1.165, 1.54) is 0 Å². The molecule has 0 atom stereocenters. The van der Waals surface area contributed by atoms with Gasteiger partial charge in [0.1, 0.15) is 5.82 Å². The Labute approximate surface area is 134 Å². The molecular formula is C15H20BN3O4. The summed E-state index contributed by atoms with van der Waals surface area (Å²) in [6.07, 6.45) is -1.08. The van der Waals surface area contributed by atoms with Gasteiger partial charge >= 0.3 is 13.2 Å². The molecule has 1 fully saturated rings. The molecular weight excluding hydrogens is 297 g/mol. The number of aromatic nitrogens is 2. The van der Waals surface area contributed by atoms with E-state index in [1.54, 1.807) is 0 Å². The highest BCUT2D eigenvalue weighted by Gasteiger charge is 2.51. The van der Waals surface area contributed by atoms with Gasteiger partial charge in [-0.1, -0.05) is 6.07 Å². The Bertz CT molecular complexity index is 740. The van der Waals surface area contributed by atoms with Crippen LogP contribution in [0.15, 0.2) is 18.2 Å². The SMILES string of the molecule is CC1(C)OB(c2ccc3nc(CNC(=O)O)[nH]c3c2)OC1(C)C. The van der Waals surface area contributed by atoms with Gasteiger partial charge in [-0.25, -0.2) is 9.78 Å². The number of hydrogen-bond acceptors (Lipinski definition) is 4. The topological polar surface area (TPSA) is 96.5 Å². The molecule has 1 amide bonds. The van der Waals surface area contributed by atoms with Crippen molar-refractivity contribution in [2.45, 2.75) is 45.4 Å². The molecule has 0 spiro atoms. The standard InChI is InChI=1S/C15H20BN3O4/c1-14(2)15(3,4)23-16(22-14)9-5-6-10-11(7-9)19-12(18-10)8-17-13(20)21/h5-7,17H,8H2,1-4H3,(H,18,19)(H,20,21). The lowest BCUT2D eigenvalue weighted by Crippen LogP contribution is -2.41. The Hall–Kier alpha value is -2.06. The maximum absolute atomic E-state index is 10.6. The Morgan fingerprint density at radius 1 is 1.30 bits per heavy atom.